The SMILES string of the molecule is O=S(=O)([O-])C(F)(F)C(F)(F)C(F)(F)C(F)(F)C(F)(F)C(F)(F)S(=O)(=O)[O-]. The highest BCUT2D eigenvalue weighted by Crippen LogP contribution is 2.61. The Kier molecular flexibility index (Phi) is 5.51. The van der Waals surface area contributed by atoms with E-state index in [0.29, 0.717) is 0 Å². The van der Waals surface area contributed by atoms with E-state index in [0.717, 1.165) is 0 Å². The molecule has 0 saturated heterocycles. The Balaban J connectivity index is 6.80. The number of halogens is 12. The first-order chi connectivity index (χ1) is 10.8. The minimum atomic E-state index is -8.49. The summed E-state index contributed by atoms with van der Waals surface area (Å²) in [5.74, 6) is -33.5. The van der Waals surface area contributed by atoms with Gasteiger partial charge in [0.15, 0.2) is 20.2 Å². The lowest BCUT2D eigenvalue weighted by Gasteiger charge is -2.41. The first-order valence-electron chi connectivity index (χ1n) is 4.93. The van der Waals surface area contributed by atoms with Crippen LogP contribution in [-0.2, 0) is 20.2 Å². The minimum absolute atomic E-state index is 7.76. The molecule has 0 aromatic heterocycles. The summed E-state index contributed by atoms with van der Waals surface area (Å²) in [5, 5.41) is -15.5. The third-order valence-corrected chi connectivity index (χ3v) is 4.31. The minimum Gasteiger partial charge on any atom is -0.743 e. The molecule has 0 fully saturated rings. The van der Waals surface area contributed by atoms with Crippen LogP contribution in [0.1, 0.15) is 0 Å². The van der Waals surface area contributed by atoms with Crippen LogP contribution < -0.4 is 0 Å². The van der Waals surface area contributed by atoms with Crippen molar-refractivity contribution in [3.63, 3.8) is 0 Å². The first-order valence-corrected chi connectivity index (χ1v) is 7.74. The van der Waals surface area contributed by atoms with E-state index in [9.17, 15) is 78.6 Å². The Labute approximate surface area is 134 Å². The summed E-state index contributed by atoms with van der Waals surface area (Å²) in [5.41, 5.74) is 0. The second kappa shape index (κ2) is 5.74. The molecule has 0 spiro atoms. The van der Waals surface area contributed by atoms with Crippen LogP contribution in [0.4, 0.5) is 52.7 Å². The summed E-state index contributed by atoms with van der Waals surface area (Å²) in [4.78, 5) is 0. The monoisotopic (exact) mass is 460 g/mol. The average Bonchev–Trinajstić information content (AvgIpc) is 2.34. The Morgan fingerprint density at radius 2 is 0.577 bits per heavy atom. The van der Waals surface area contributed by atoms with Gasteiger partial charge in [-0.25, -0.2) is 16.8 Å². The van der Waals surface area contributed by atoms with E-state index in [1.807, 2.05) is 0 Å². The van der Waals surface area contributed by atoms with Crippen LogP contribution in [0.5, 0.6) is 0 Å². The Morgan fingerprint density at radius 1 is 0.423 bits per heavy atom. The number of hydrogen-bond donors (Lipinski definition) is 0. The third-order valence-electron chi connectivity index (χ3n) is 2.54. The molecule has 26 heavy (non-hydrogen) atoms. The molecule has 0 aromatic carbocycles. The van der Waals surface area contributed by atoms with Gasteiger partial charge in [-0.2, -0.15) is 52.7 Å². The largest absolute Gasteiger partial charge is 0.743 e. The molecule has 0 N–H and O–H groups in total. The summed E-state index contributed by atoms with van der Waals surface area (Å²) in [6.45, 7) is 0. The van der Waals surface area contributed by atoms with E-state index in [4.69, 9.17) is 0 Å². The molecule has 0 aliphatic carbocycles. The van der Waals surface area contributed by atoms with Crippen molar-refractivity contribution < 1.29 is 78.6 Å². The van der Waals surface area contributed by atoms with Gasteiger partial charge in [-0.05, 0) is 0 Å². The van der Waals surface area contributed by atoms with Crippen LogP contribution in [0.2, 0.25) is 0 Å². The maximum Gasteiger partial charge on any atom is 0.402 e. The van der Waals surface area contributed by atoms with Crippen LogP contribution in [0.15, 0.2) is 0 Å². The zero-order valence-electron chi connectivity index (χ0n) is 10.8. The fourth-order valence-corrected chi connectivity index (χ4v) is 1.96. The molecular formula is C6F12O6S2-2. The normalized spacial score (nSPS) is 16.7. The van der Waals surface area contributed by atoms with E-state index in [1.54, 1.807) is 0 Å². The standard InChI is InChI=1S/C6H2F12O6S2/c7-1(8,3(11,12)5(15,16)25(19,20)21)2(9,10)4(13,14)6(17,18)26(22,23)24/h(H,19,20,21)(H,22,23,24)/p-2. The molecule has 0 rings (SSSR count). The topological polar surface area (TPSA) is 114 Å². The average molecular weight is 460 g/mol. The molecule has 0 bridgehead atoms. The van der Waals surface area contributed by atoms with Gasteiger partial charge in [0.25, 0.3) is 0 Å². The maximum absolute atomic E-state index is 12.9. The quantitative estimate of drug-likeness (QED) is 0.423. The highest BCUT2D eigenvalue weighted by atomic mass is 32.2. The zero-order valence-corrected chi connectivity index (χ0v) is 12.4. The van der Waals surface area contributed by atoms with Gasteiger partial charge < -0.3 is 9.11 Å². The second-order valence-electron chi connectivity index (χ2n) is 4.24. The van der Waals surface area contributed by atoms with Crippen LogP contribution in [0.25, 0.3) is 0 Å². The van der Waals surface area contributed by atoms with E-state index >= 15 is 0 Å². The lowest BCUT2D eigenvalue weighted by atomic mass is 9.98. The van der Waals surface area contributed by atoms with Crippen molar-refractivity contribution in [3.8, 4) is 0 Å². The molecule has 0 radical (unpaired) electrons. The van der Waals surface area contributed by atoms with E-state index in [-0.39, 0.29) is 0 Å². The Hall–Kier alpha value is -1.02. The van der Waals surface area contributed by atoms with Crippen LogP contribution >= 0.6 is 0 Å². The predicted octanol–water partition coefficient (Wildman–Crippen LogP) is 1.80. The van der Waals surface area contributed by atoms with Gasteiger partial charge in [-0.3, -0.25) is 0 Å². The highest BCUT2D eigenvalue weighted by Gasteiger charge is 2.92. The molecule has 6 nitrogen and oxygen atoms in total. The number of alkyl halides is 12. The van der Waals surface area contributed by atoms with Crippen molar-refractivity contribution in [1.82, 2.24) is 0 Å². The van der Waals surface area contributed by atoms with Crippen molar-refractivity contribution in [3.05, 3.63) is 0 Å². The van der Waals surface area contributed by atoms with Gasteiger partial charge in [0.2, 0.25) is 0 Å². The zero-order chi connectivity index (χ0) is 22.0. The number of rotatable bonds is 7. The van der Waals surface area contributed by atoms with Crippen LogP contribution in [0.3, 0.4) is 0 Å². The Morgan fingerprint density at radius 3 is 0.692 bits per heavy atom. The van der Waals surface area contributed by atoms with Crippen molar-refractivity contribution >= 4 is 20.2 Å². The van der Waals surface area contributed by atoms with Crippen molar-refractivity contribution in [2.45, 2.75) is 34.2 Å². The highest BCUT2D eigenvalue weighted by molar-refractivity contribution is 7.87. The maximum atomic E-state index is 12.9. The van der Waals surface area contributed by atoms with Gasteiger partial charge in [0.05, 0.1) is 0 Å². The molecule has 0 aromatic rings. The molecule has 0 aliphatic heterocycles. The first kappa shape index (κ1) is 25.0. The van der Waals surface area contributed by atoms with Gasteiger partial charge in [0, 0.05) is 0 Å². The van der Waals surface area contributed by atoms with Crippen molar-refractivity contribution in [1.29, 1.82) is 0 Å². The summed E-state index contributed by atoms with van der Waals surface area (Å²) >= 11 is 0. The van der Waals surface area contributed by atoms with Gasteiger partial charge in [-0.15, -0.1) is 0 Å². The summed E-state index contributed by atoms with van der Waals surface area (Å²) in [7, 11) is -15.9. The molecule has 0 amide bonds. The lowest BCUT2D eigenvalue weighted by molar-refractivity contribution is -0.407. The molecule has 0 atom stereocenters. The fraction of sp³-hybridized carbons (Fsp3) is 1.00. The Bertz CT molecular complexity index is 702. The third kappa shape index (κ3) is 2.89. The smallest absolute Gasteiger partial charge is 0.402 e. The summed E-state index contributed by atoms with van der Waals surface area (Å²) in [6.07, 6.45) is 0. The molecule has 0 heterocycles. The lowest BCUT2D eigenvalue weighted by Crippen LogP contribution is -2.72. The second-order valence-corrected chi connectivity index (χ2v) is 7.08. The summed E-state index contributed by atoms with van der Waals surface area (Å²) < 4.78 is 212. The van der Waals surface area contributed by atoms with Crippen molar-refractivity contribution in [2.75, 3.05) is 0 Å². The molecule has 158 valence electrons. The van der Waals surface area contributed by atoms with Crippen LogP contribution in [0, 0.1) is 0 Å². The van der Waals surface area contributed by atoms with Gasteiger partial charge in [-0.1, -0.05) is 0 Å². The molecule has 20 heteroatoms. The molecule has 0 saturated carbocycles. The predicted molar refractivity (Wildman–Crippen MR) is 49.1 cm³/mol. The van der Waals surface area contributed by atoms with Crippen LogP contribution in [-0.4, -0.2) is 60.1 Å². The molecule has 0 aliphatic rings. The number of hydrogen-bond acceptors (Lipinski definition) is 6. The van der Waals surface area contributed by atoms with E-state index < -0.39 is 54.4 Å². The van der Waals surface area contributed by atoms with Crippen molar-refractivity contribution in [2.24, 2.45) is 0 Å². The molecule has 0 unspecified atom stereocenters. The van der Waals surface area contributed by atoms with Gasteiger partial charge in [0.1, 0.15) is 0 Å². The van der Waals surface area contributed by atoms with Gasteiger partial charge >= 0.3 is 34.2 Å². The molecular weight excluding hydrogens is 460 g/mol. The van der Waals surface area contributed by atoms with E-state index in [1.165, 1.54) is 0 Å². The van der Waals surface area contributed by atoms with E-state index in [2.05, 4.69) is 0 Å². The summed E-state index contributed by atoms with van der Waals surface area (Å²) in [6, 6.07) is 0. The fourth-order valence-electron chi connectivity index (χ4n) is 1.07.